The fourth-order valence-corrected chi connectivity index (χ4v) is 2.74. The average molecular weight is 281 g/mol. The molecule has 0 rings (SSSR count). The molecule has 0 heteroatoms. The molecule has 0 aliphatic heterocycles. The average Bonchev–Trinajstić information content (AvgIpc) is 2.47. The Hall–Kier alpha value is -0.260. The van der Waals surface area contributed by atoms with Gasteiger partial charge in [0.15, 0.2) is 0 Å². The molecular weight excluding hydrogens is 240 g/mol. The zero-order valence-electron chi connectivity index (χ0n) is 14.7. The molecule has 0 saturated heterocycles. The maximum Gasteiger partial charge on any atom is -0.0320 e. The van der Waals surface area contributed by atoms with E-state index in [0.29, 0.717) is 0 Å². The Bertz CT molecular complexity index is 202. The highest BCUT2D eigenvalue weighted by molar-refractivity contribution is 5.01. The van der Waals surface area contributed by atoms with E-state index in [1.807, 2.05) is 0 Å². The summed E-state index contributed by atoms with van der Waals surface area (Å²) in [6, 6.07) is 0. The molecule has 0 unspecified atom stereocenters. The van der Waals surface area contributed by atoms with E-state index in [2.05, 4.69) is 26.8 Å². The first-order valence-electron chi connectivity index (χ1n) is 9.53. The van der Waals surface area contributed by atoms with Crippen LogP contribution in [0.5, 0.6) is 0 Å². The monoisotopic (exact) mass is 280 g/mol. The summed E-state index contributed by atoms with van der Waals surface area (Å²) in [4.78, 5) is 0. The summed E-state index contributed by atoms with van der Waals surface area (Å²) in [6.07, 6.45) is 23.5. The predicted molar refractivity (Wildman–Crippen MR) is 94.4 cm³/mol. The Morgan fingerprint density at radius 1 is 0.550 bits per heavy atom. The van der Waals surface area contributed by atoms with Crippen LogP contribution in [0.25, 0.3) is 0 Å². The molecule has 0 aliphatic carbocycles. The van der Waals surface area contributed by atoms with Crippen molar-refractivity contribution in [3.8, 4) is 0 Å². The molecule has 120 valence electrons. The van der Waals surface area contributed by atoms with Gasteiger partial charge in [0.1, 0.15) is 0 Å². The summed E-state index contributed by atoms with van der Waals surface area (Å²) < 4.78 is 0. The second kappa shape index (κ2) is 16.8. The van der Waals surface area contributed by atoms with E-state index in [1.165, 1.54) is 96.3 Å². The van der Waals surface area contributed by atoms with Crippen LogP contribution in [0.2, 0.25) is 0 Å². The summed E-state index contributed by atoms with van der Waals surface area (Å²) >= 11 is 0. The van der Waals surface area contributed by atoms with Gasteiger partial charge >= 0.3 is 0 Å². The number of rotatable bonds is 15. The van der Waals surface area contributed by atoms with Gasteiger partial charge in [-0.1, -0.05) is 96.6 Å². The molecule has 0 aliphatic rings. The first kappa shape index (κ1) is 19.7. The van der Waals surface area contributed by atoms with E-state index < -0.39 is 0 Å². The van der Waals surface area contributed by atoms with Crippen molar-refractivity contribution in [3.63, 3.8) is 0 Å². The van der Waals surface area contributed by atoms with Crippen LogP contribution in [0.15, 0.2) is 11.6 Å². The summed E-state index contributed by atoms with van der Waals surface area (Å²) in [5, 5.41) is 0. The standard InChI is InChI=1S/C20H40/c1-4-7-10-11-12-13-14-15-16-19-20(17-8-5-2)18-9-6-3/h17H,4-16,18-19H2,1-3H3. The highest BCUT2D eigenvalue weighted by Crippen LogP contribution is 2.18. The molecule has 0 aromatic carbocycles. The molecule has 0 heterocycles. The molecule has 0 N–H and O–H groups in total. The van der Waals surface area contributed by atoms with Crippen molar-refractivity contribution in [3.05, 3.63) is 11.6 Å². The Morgan fingerprint density at radius 3 is 1.60 bits per heavy atom. The van der Waals surface area contributed by atoms with Gasteiger partial charge in [-0.25, -0.2) is 0 Å². The lowest BCUT2D eigenvalue weighted by atomic mass is 9.99. The summed E-state index contributed by atoms with van der Waals surface area (Å²) in [6.45, 7) is 6.88. The van der Waals surface area contributed by atoms with Gasteiger partial charge in [-0.3, -0.25) is 0 Å². The Kier molecular flexibility index (Phi) is 16.6. The lowest BCUT2D eigenvalue weighted by Crippen LogP contribution is -1.87. The first-order chi connectivity index (χ1) is 9.85. The molecule has 0 saturated carbocycles. The number of allylic oxidation sites excluding steroid dienone is 2. The lowest BCUT2D eigenvalue weighted by molar-refractivity contribution is 0.561. The van der Waals surface area contributed by atoms with Crippen LogP contribution in [0.3, 0.4) is 0 Å². The molecule has 0 spiro atoms. The van der Waals surface area contributed by atoms with E-state index in [4.69, 9.17) is 0 Å². The molecule has 0 nitrogen and oxygen atoms in total. The fraction of sp³-hybridized carbons (Fsp3) is 0.900. The largest absolute Gasteiger partial charge is 0.0853 e. The third-order valence-corrected chi connectivity index (χ3v) is 4.17. The van der Waals surface area contributed by atoms with Gasteiger partial charge in [-0.05, 0) is 32.1 Å². The normalized spacial score (nSPS) is 12.1. The van der Waals surface area contributed by atoms with Crippen molar-refractivity contribution in [2.45, 2.75) is 117 Å². The van der Waals surface area contributed by atoms with Gasteiger partial charge in [0.2, 0.25) is 0 Å². The molecule has 0 aromatic heterocycles. The minimum absolute atomic E-state index is 1.29. The smallest absolute Gasteiger partial charge is 0.0320 e. The van der Waals surface area contributed by atoms with Crippen molar-refractivity contribution in [1.29, 1.82) is 0 Å². The van der Waals surface area contributed by atoms with Crippen molar-refractivity contribution < 1.29 is 0 Å². The molecule has 0 amide bonds. The Labute approximate surface area is 129 Å². The topological polar surface area (TPSA) is 0 Å². The maximum atomic E-state index is 2.53. The van der Waals surface area contributed by atoms with Crippen LogP contribution < -0.4 is 0 Å². The van der Waals surface area contributed by atoms with E-state index in [-0.39, 0.29) is 0 Å². The van der Waals surface area contributed by atoms with Crippen LogP contribution in [0, 0.1) is 0 Å². The third kappa shape index (κ3) is 14.2. The Morgan fingerprint density at radius 2 is 1.05 bits per heavy atom. The maximum absolute atomic E-state index is 2.53. The van der Waals surface area contributed by atoms with Crippen LogP contribution in [-0.2, 0) is 0 Å². The van der Waals surface area contributed by atoms with Crippen molar-refractivity contribution in [1.82, 2.24) is 0 Å². The second-order valence-electron chi connectivity index (χ2n) is 6.33. The van der Waals surface area contributed by atoms with E-state index in [1.54, 1.807) is 5.57 Å². The van der Waals surface area contributed by atoms with Gasteiger partial charge in [0, 0.05) is 0 Å². The van der Waals surface area contributed by atoms with Crippen molar-refractivity contribution >= 4 is 0 Å². The fourth-order valence-electron chi connectivity index (χ4n) is 2.74. The van der Waals surface area contributed by atoms with Crippen molar-refractivity contribution in [2.75, 3.05) is 0 Å². The van der Waals surface area contributed by atoms with Gasteiger partial charge in [0.05, 0.1) is 0 Å². The summed E-state index contributed by atoms with van der Waals surface area (Å²) in [7, 11) is 0. The SMILES string of the molecule is CCCC=C(CCCC)CCCCCCCCCCC. The number of hydrogen-bond donors (Lipinski definition) is 0. The second-order valence-corrected chi connectivity index (χ2v) is 6.33. The lowest BCUT2D eigenvalue weighted by Gasteiger charge is -2.07. The minimum atomic E-state index is 1.29. The summed E-state index contributed by atoms with van der Waals surface area (Å²) in [5.41, 5.74) is 1.75. The molecule has 0 fully saturated rings. The van der Waals surface area contributed by atoms with Crippen LogP contribution in [0.1, 0.15) is 117 Å². The van der Waals surface area contributed by atoms with Gasteiger partial charge in [0.25, 0.3) is 0 Å². The summed E-state index contributed by atoms with van der Waals surface area (Å²) in [5.74, 6) is 0. The number of unbranched alkanes of at least 4 members (excludes halogenated alkanes) is 10. The van der Waals surface area contributed by atoms with Crippen molar-refractivity contribution in [2.24, 2.45) is 0 Å². The highest BCUT2D eigenvalue weighted by Gasteiger charge is 1.98. The minimum Gasteiger partial charge on any atom is -0.0853 e. The van der Waals surface area contributed by atoms with E-state index in [0.717, 1.165) is 0 Å². The molecule has 0 aromatic rings. The van der Waals surface area contributed by atoms with Gasteiger partial charge < -0.3 is 0 Å². The van der Waals surface area contributed by atoms with E-state index in [9.17, 15) is 0 Å². The van der Waals surface area contributed by atoms with Crippen LogP contribution >= 0.6 is 0 Å². The molecular formula is C20H40. The third-order valence-electron chi connectivity index (χ3n) is 4.17. The molecule has 0 bridgehead atoms. The first-order valence-corrected chi connectivity index (χ1v) is 9.53. The van der Waals surface area contributed by atoms with Crippen LogP contribution in [-0.4, -0.2) is 0 Å². The zero-order valence-corrected chi connectivity index (χ0v) is 14.7. The van der Waals surface area contributed by atoms with Crippen LogP contribution in [0.4, 0.5) is 0 Å². The number of hydrogen-bond acceptors (Lipinski definition) is 0. The highest BCUT2D eigenvalue weighted by atomic mass is 14.0. The van der Waals surface area contributed by atoms with Gasteiger partial charge in [-0.15, -0.1) is 0 Å². The molecule has 20 heavy (non-hydrogen) atoms. The van der Waals surface area contributed by atoms with E-state index >= 15 is 0 Å². The quantitative estimate of drug-likeness (QED) is 0.212. The predicted octanol–water partition coefficient (Wildman–Crippen LogP) is 7.82. The molecule has 0 radical (unpaired) electrons. The molecule has 0 atom stereocenters. The zero-order chi connectivity index (χ0) is 14.9. The van der Waals surface area contributed by atoms with Gasteiger partial charge in [-0.2, -0.15) is 0 Å². The Balaban J connectivity index is 3.48.